The summed E-state index contributed by atoms with van der Waals surface area (Å²) in [6.45, 7) is 0. The first-order chi connectivity index (χ1) is 9.08. The lowest BCUT2D eigenvalue weighted by Gasteiger charge is -2.25. The zero-order valence-electron chi connectivity index (χ0n) is 10.4. The molecule has 102 valence electrons. The van der Waals surface area contributed by atoms with Crippen molar-refractivity contribution in [2.45, 2.75) is 38.1 Å². The molecule has 1 aliphatic carbocycles. The molecule has 19 heavy (non-hydrogen) atoms. The third kappa shape index (κ3) is 3.21. The van der Waals surface area contributed by atoms with Gasteiger partial charge in [0, 0.05) is 29.4 Å². The first kappa shape index (κ1) is 13.3. The van der Waals surface area contributed by atoms with Crippen molar-refractivity contribution in [3.63, 3.8) is 0 Å². The van der Waals surface area contributed by atoms with Gasteiger partial charge in [0.2, 0.25) is 0 Å². The van der Waals surface area contributed by atoms with Crippen LogP contribution < -0.4 is 10.4 Å². The fourth-order valence-electron chi connectivity index (χ4n) is 2.41. The molecule has 0 amide bonds. The molecular formula is C13H15N2O4-. The Hall–Kier alpha value is -2.11. The molecule has 0 bridgehead atoms. The van der Waals surface area contributed by atoms with E-state index in [1.807, 2.05) is 0 Å². The highest BCUT2D eigenvalue weighted by Crippen LogP contribution is 2.26. The van der Waals surface area contributed by atoms with Crippen LogP contribution in [0.15, 0.2) is 18.2 Å². The Morgan fingerprint density at radius 3 is 2.53 bits per heavy atom. The summed E-state index contributed by atoms with van der Waals surface area (Å²) in [5.74, 6) is -1.40. The van der Waals surface area contributed by atoms with Gasteiger partial charge in [-0.25, -0.2) is 0 Å². The number of aromatic carboxylic acids is 1. The molecule has 1 fully saturated rings. The van der Waals surface area contributed by atoms with Crippen LogP contribution >= 0.6 is 0 Å². The highest BCUT2D eigenvalue weighted by atomic mass is 16.6. The van der Waals surface area contributed by atoms with E-state index in [0.29, 0.717) is 5.69 Å². The molecule has 0 heterocycles. The second-order valence-corrected chi connectivity index (χ2v) is 4.75. The van der Waals surface area contributed by atoms with E-state index in [1.54, 1.807) is 0 Å². The molecule has 6 nitrogen and oxygen atoms in total. The Balaban J connectivity index is 2.23. The van der Waals surface area contributed by atoms with Crippen molar-refractivity contribution in [2.24, 2.45) is 0 Å². The van der Waals surface area contributed by atoms with Gasteiger partial charge < -0.3 is 15.2 Å². The number of carboxylic acids is 1. The van der Waals surface area contributed by atoms with E-state index in [4.69, 9.17) is 0 Å². The van der Waals surface area contributed by atoms with Crippen molar-refractivity contribution in [3.05, 3.63) is 33.9 Å². The fourth-order valence-corrected chi connectivity index (χ4v) is 2.41. The average molecular weight is 263 g/mol. The van der Waals surface area contributed by atoms with E-state index < -0.39 is 10.9 Å². The summed E-state index contributed by atoms with van der Waals surface area (Å²) in [7, 11) is 0. The lowest BCUT2D eigenvalue weighted by molar-refractivity contribution is -0.385. The van der Waals surface area contributed by atoms with Gasteiger partial charge in [0.1, 0.15) is 0 Å². The number of hydrogen-bond donors (Lipinski definition) is 1. The summed E-state index contributed by atoms with van der Waals surface area (Å²) in [5.41, 5.74) is 0.00525. The lowest BCUT2D eigenvalue weighted by Crippen LogP contribution is -2.27. The first-order valence-electron chi connectivity index (χ1n) is 6.34. The molecule has 1 N–H and O–H groups in total. The number of hydrogen-bond acceptors (Lipinski definition) is 5. The molecule has 1 saturated carbocycles. The number of anilines is 1. The number of carboxylic acid groups (broad SMARTS) is 1. The van der Waals surface area contributed by atoms with Crippen LogP contribution in [0.4, 0.5) is 11.4 Å². The molecule has 6 heteroatoms. The standard InChI is InChI=1S/C13H16N2O4/c16-13(17)11-8-10(15(18)19)6-7-12(11)14-9-4-2-1-3-5-9/h6-9,14H,1-5H2,(H,16,17)/p-1. The van der Waals surface area contributed by atoms with Crippen molar-refractivity contribution in [1.29, 1.82) is 0 Å². The van der Waals surface area contributed by atoms with Crippen LogP contribution in [0.2, 0.25) is 0 Å². The van der Waals surface area contributed by atoms with Gasteiger partial charge in [-0.1, -0.05) is 19.3 Å². The molecule has 0 aliphatic heterocycles. The third-order valence-electron chi connectivity index (χ3n) is 3.40. The molecule has 1 aromatic carbocycles. The van der Waals surface area contributed by atoms with Crippen LogP contribution in [0.3, 0.4) is 0 Å². The zero-order chi connectivity index (χ0) is 13.8. The number of benzene rings is 1. The SMILES string of the molecule is O=C([O-])c1cc([N+](=O)[O-])ccc1NC1CCCCC1. The van der Waals surface area contributed by atoms with Crippen LogP contribution in [0.25, 0.3) is 0 Å². The van der Waals surface area contributed by atoms with Gasteiger partial charge in [-0.15, -0.1) is 0 Å². The maximum atomic E-state index is 11.1. The summed E-state index contributed by atoms with van der Waals surface area (Å²) >= 11 is 0. The lowest BCUT2D eigenvalue weighted by atomic mass is 9.95. The van der Waals surface area contributed by atoms with E-state index in [0.717, 1.165) is 31.7 Å². The Morgan fingerprint density at radius 1 is 1.26 bits per heavy atom. The molecule has 1 aromatic rings. The van der Waals surface area contributed by atoms with Crippen LogP contribution in [-0.2, 0) is 0 Å². The van der Waals surface area contributed by atoms with Gasteiger partial charge in [0.05, 0.1) is 10.9 Å². The Morgan fingerprint density at radius 2 is 1.95 bits per heavy atom. The Bertz CT molecular complexity index is 495. The van der Waals surface area contributed by atoms with Gasteiger partial charge in [0.25, 0.3) is 5.69 Å². The van der Waals surface area contributed by atoms with Crippen molar-refractivity contribution in [3.8, 4) is 0 Å². The molecule has 0 atom stereocenters. The maximum absolute atomic E-state index is 11.1. The molecule has 0 spiro atoms. The molecule has 0 saturated heterocycles. The van der Waals surface area contributed by atoms with Crippen LogP contribution in [0.5, 0.6) is 0 Å². The van der Waals surface area contributed by atoms with Crippen LogP contribution in [0.1, 0.15) is 42.5 Å². The smallest absolute Gasteiger partial charge is 0.270 e. The summed E-state index contributed by atoms with van der Waals surface area (Å²) in [5, 5.41) is 24.9. The number of carbonyl (C=O) groups is 1. The van der Waals surface area contributed by atoms with Gasteiger partial charge >= 0.3 is 0 Å². The summed E-state index contributed by atoms with van der Waals surface area (Å²) in [6.07, 6.45) is 5.41. The number of nitrogens with one attached hydrogen (secondary N) is 1. The average Bonchev–Trinajstić information content (AvgIpc) is 2.39. The maximum Gasteiger partial charge on any atom is 0.270 e. The molecule has 0 aromatic heterocycles. The number of rotatable bonds is 4. The summed E-state index contributed by atoms with van der Waals surface area (Å²) in [4.78, 5) is 21.1. The highest BCUT2D eigenvalue weighted by Gasteiger charge is 2.17. The van der Waals surface area contributed by atoms with Gasteiger partial charge in [-0.3, -0.25) is 10.1 Å². The molecule has 2 rings (SSSR count). The van der Waals surface area contributed by atoms with Crippen molar-refractivity contribution in [1.82, 2.24) is 0 Å². The minimum Gasteiger partial charge on any atom is -0.545 e. The molecule has 1 aliphatic rings. The molecule has 0 radical (unpaired) electrons. The Labute approximate surface area is 110 Å². The van der Waals surface area contributed by atoms with Crippen LogP contribution in [0, 0.1) is 10.1 Å². The van der Waals surface area contributed by atoms with Gasteiger partial charge in [0.15, 0.2) is 0 Å². The van der Waals surface area contributed by atoms with E-state index in [9.17, 15) is 20.0 Å². The second-order valence-electron chi connectivity index (χ2n) is 4.75. The minimum atomic E-state index is -1.40. The number of nitro groups is 1. The zero-order valence-corrected chi connectivity index (χ0v) is 10.4. The third-order valence-corrected chi connectivity index (χ3v) is 3.40. The fraction of sp³-hybridized carbons (Fsp3) is 0.462. The van der Waals surface area contributed by atoms with Gasteiger partial charge in [-0.05, 0) is 18.9 Å². The summed E-state index contributed by atoms with van der Waals surface area (Å²) < 4.78 is 0. The largest absolute Gasteiger partial charge is 0.545 e. The highest BCUT2D eigenvalue weighted by molar-refractivity contribution is 5.93. The molecular weight excluding hydrogens is 248 g/mol. The predicted octanol–water partition coefficient (Wildman–Crippen LogP) is 1.70. The number of non-ortho nitro benzene ring substituents is 1. The summed E-state index contributed by atoms with van der Waals surface area (Å²) in [6, 6.07) is 4.02. The van der Waals surface area contributed by atoms with Crippen molar-refractivity contribution < 1.29 is 14.8 Å². The Kier molecular flexibility index (Phi) is 3.99. The second kappa shape index (κ2) is 5.69. The number of nitro benzene ring substituents is 1. The van der Waals surface area contributed by atoms with E-state index >= 15 is 0 Å². The van der Waals surface area contributed by atoms with Gasteiger partial charge in [-0.2, -0.15) is 0 Å². The number of carbonyl (C=O) groups excluding carboxylic acids is 1. The monoisotopic (exact) mass is 263 g/mol. The van der Waals surface area contributed by atoms with Crippen LogP contribution in [-0.4, -0.2) is 16.9 Å². The van der Waals surface area contributed by atoms with E-state index in [1.165, 1.54) is 18.6 Å². The minimum absolute atomic E-state index is 0.153. The van der Waals surface area contributed by atoms with Crippen molar-refractivity contribution in [2.75, 3.05) is 5.32 Å². The topological polar surface area (TPSA) is 95.3 Å². The number of nitrogens with zero attached hydrogens (tertiary/aromatic N) is 1. The predicted molar refractivity (Wildman–Crippen MR) is 67.9 cm³/mol. The normalized spacial score (nSPS) is 16.0. The van der Waals surface area contributed by atoms with E-state index in [-0.39, 0.29) is 17.3 Å². The quantitative estimate of drug-likeness (QED) is 0.659. The van der Waals surface area contributed by atoms with Crippen molar-refractivity contribution >= 4 is 17.3 Å². The first-order valence-corrected chi connectivity index (χ1v) is 6.34. The molecule has 0 unspecified atom stereocenters. The van der Waals surface area contributed by atoms with E-state index in [2.05, 4.69) is 5.32 Å².